The first-order chi connectivity index (χ1) is 10.8. The van der Waals surface area contributed by atoms with E-state index in [4.69, 9.17) is 4.74 Å². The van der Waals surface area contributed by atoms with Crippen molar-refractivity contribution in [2.45, 2.75) is 19.9 Å². The molecule has 1 heterocycles. The summed E-state index contributed by atoms with van der Waals surface area (Å²) in [5.41, 5.74) is 1.28. The molecular formula is C17H23N3OS. The zero-order valence-corrected chi connectivity index (χ0v) is 14.0. The summed E-state index contributed by atoms with van der Waals surface area (Å²) in [5, 5.41) is 8.72. The van der Waals surface area contributed by atoms with E-state index < -0.39 is 0 Å². The Balaban J connectivity index is 1.81. The third kappa shape index (κ3) is 5.41. The fraction of sp³-hybridized carbons (Fsp3) is 0.353. The van der Waals surface area contributed by atoms with Crippen molar-refractivity contribution in [1.82, 2.24) is 10.6 Å². The Kier molecular flexibility index (Phi) is 6.77. The predicted molar refractivity (Wildman–Crippen MR) is 93.8 cm³/mol. The van der Waals surface area contributed by atoms with Gasteiger partial charge in [0.2, 0.25) is 0 Å². The van der Waals surface area contributed by atoms with Gasteiger partial charge in [0.15, 0.2) is 5.96 Å². The van der Waals surface area contributed by atoms with E-state index in [9.17, 15) is 0 Å². The van der Waals surface area contributed by atoms with Crippen LogP contribution in [0, 0.1) is 0 Å². The molecule has 2 N–H and O–H groups in total. The fourth-order valence-corrected chi connectivity index (χ4v) is 2.65. The molecule has 0 aliphatic heterocycles. The molecule has 5 heteroatoms. The highest BCUT2D eigenvalue weighted by atomic mass is 32.1. The molecule has 1 aromatic carbocycles. The lowest BCUT2D eigenvalue weighted by Gasteiger charge is -2.11. The fourth-order valence-electron chi connectivity index (χ4n) is 2.02. The van der Waals surface area contributed by atoms with Crippen LogP contribution >= 0.6 is 11.3 Å². The maximum Gasteiger partial charge on any atom is 0.191 e. The second-order valence-electron chi connectivity index (χ2n) is 4.80. The Morgan fingerprint density at radius 2 is 2.00 bits per heavy atom. The third-order valence-electron chi connectivity index (χ3n) is 3.18. The van der Waals surface area contributed by atoms with Crippen LogP contribution < -0.4 is 15.4 Å². The van der Waals surface area contributed by atoms with Gasteiger partial charge in [0.1, 0.15) is 5.75 Å². The van der Waals surface area contributed by atoms with E-state index in [-0.39, 0.29) is 0 Å². The number of ether oxygens (including phenoxy) is 1. The molecule has 0 radical (unpaired) electrons. The van der Waals surface area contributed by atoms with E-state index in [1.54, 1.807) is 18.4 Å². The number of methoxy groups -OCH3 is 1. The molecular weight excluding hydrogens is 294 g/mol. The molecule has 0 atom stereocenters. The van der Waals surface area contributed by atoms with E-state index in [0.717, 1.165) is 37.8 Å². The van der Waals surface area contributed by atoms with Gasteiger partial charge in [-0.25, -0.2) is 4.99 Å². The van der Waals surface area contributed by atoms with Crippen molar-refractivity contribution in [3.63, 3.8) is 0 Å². The van der Waals surface area contributed by atoms with Gasteiger partial charge in [0.25, 0.3) is 0 Å². The summed E-state index contributed by atoms with van der Waals surface area (Å²) < 4.78 is 5.17. The molecule has 0 spiro atoms. The molecule has 0 aliphatic rings. The highest BCUT2D eigenvalue weighted by Crippen LogP contribution is 2.11. The van der Waals surface area contributed by atoms with Crippen molar-refractivity contribution in [3.05, 3.63) is 52.2 Å². The van der Waals surface area contributed by atoms with Crippen LogP contribution in [0.1, 0.15) is 17.4 Å². The van der Waals surface area contributed by atoms with Crippen molar-refractivity contribution in [2.75, 3.05) is 20.2 Å². The number of nitrogens with zero attached hydrogens (tertiary/aromatic N) is 1. The quantitative estimate of drug-likeness (QED) is 0.609. The second-order valence-corrected chi connectivity index (χ2v) is 5.83. The Hall–Kier alpha value is -2.01. The van der Waals surface area contributed by atoms with Gasteiger partial charge in [0, 0.05) is 18.0 Å². The maximum atomic E-state index is 5.17. The van der Waals surface area contributed by atoms with Crippen LogP contribution in [0.5, 0.6) is 5.75 Å². The molecule has 0 unspecified atom stereocenters. The molecule has 0 saturated carbocycles. The van der Waals surface area contributed by atoms with Gasteiger partial charge in [-0.05, 0) is 42.5 Å². The Bertz CT molecular complexity index is 564. The van der Waals surface area contributed by atoms with E-state index in [2.05, 4.69) is 52.2 Å². The summed E-state index contributed by atoms with van der Waals surface area (Å²) in [7, 11) is 1.68. The topological polar surface area (TPSA) is 45.7 Å². The highest BCUT2D eigenvalue weighted by Gasteiger charge is 1.99. The van der Waals surface area contributed by atoms with E-state index >= 15 is 0 Å². The largest absolute Gasteiger partial charge is 0.497 e. The van der Waals surface area contributed by atoms with Gasteiger partial charge in [-0.15, -0.1) is 11.3 Å². The molecule has 1 aromatic heterocycles. The minimum Gasteiger partial charge on any atom is -0.497 e. The average Bonchev–Trinajstić information content (AvgIpc) is 3.06. The van der Waals surface area contributed by atoms with Gasteiger partial charge >= 0.3 is 0 Å². The van der Waals surface area contributed by atoms with Crippen LogP contribution in [0.25, 0.3) is 0 Å². The van der Waals surface area contributed by atoms with Crippen molar-refractivity contribution in [2.24, 2.45) is 4.99 Å². The van der Waals surface area contributed by atoms with Crippen molar-refractivity contribution in [3.8, 4) is 5.75 Å². The van der Waals surface area contributed by atoms with Gasteiger partial charge in [0.05, 0.1) is 13.7 Å². The molecule has 118 valence electrons. The van der Waals surface area contributed by atoms with Crippen LogP contribution in [-0.4, -0.2) is 26.2 Å². The lowest BCUT2D eigenvalue weighted by Crippen LogP contribution is -2.38. The molecule has 0 fully saturated rings. The summed E-state index contributed by atoms with van der Waals surface area (Å²) in [6.07, 6.45) is 0.952. The number of guanidine groups is 1. The van der Waals surface area contributed by atoms with E-state index in [1.165, 1.54) is 10.4 Å². The lowest BCUT2D eigenvalue weighted by molar-refractivity contribution is 0.414. The number of rotatable bonds is 7. The third-order valence-corrected chi connectivity index (χ3v) is 4.04. The Morgan fingerprint density at radius 1 is 1.18 bits per heavy atom. The molecule has 4 nitrogen and oxygen atoms in total. The van der Waals surface area contributed by atoms with Crippen molar-refractivity contribution in [1.29, 1.82) is 0 Å². The minimum atomic E-state index is 0.718. The van der Waals surface area contributed by atoms with E-state index in [1.807, 2.05) is 12.1 Å². The minimum absolute atomic E-state index is 0.718. The first-order valence-electron chi connectivity index (χ1n) is 7.49. The zero-order chi connectivity index (χ0) is 15.6. The van der Waals surface area contributed by atoms with E-state index in [0.29, 0.717) is 0 Å². The molecule has 0 aliphatic carbocycles. The SMILES string of the molecule is CCNC(=NCc1cccs1)NCCc1ccc(OC)cc1. The monoisotopic (exact) mass is 317 g/mol. The van der Waals surface area contributed by atoms with Gasteiger partial charge in [-0.3, -0.25) is 0 Å². The molecule has 22 heavy (non-hydrogen) atoms. The number of benzene rings is 1. The van der Waals surface area contributed by atoms with Gasteiger partial charge < -0.3 is 15.4 Å². The lowest BCUT2D eigenvalue weighted by atomic mass is 10.1. The predicted octanol–water partition coefficient (Wildman–Crippen LogP) is 3.05. The van der Waals surface area contributed by atoms with Crippen LogP contribution in [0.15, 0.2) is 46.8 Å². The number of hydrogen-bond acceptors (Lipinski definition) is 3. The summed E-state index contributed by atoms with van der Waals surface area (Å²) in [5.74, 6) is 1.76. The summed E-state index contributed by atoms with van der Waals surface area (Å²) in [4.78, 5) is 5.87. The standard InChI is InChI=1S/C17H23N3OS/c1-3-18-17(20-13-16-5-4-12-22-16)19-11-10-14-6-8-15(21-2)9-7-14/h4-9,12H,3,10-11,13H2,1-2H3,(H2,18,19,20). The van der Waals surface area contributed by atoms with Crippen molar-refractivity contribution < 1.29 is 4.74 Å². The average molecular weight is 317 g/mol. The molecule has 0 saturated heterocycles. The number of nitrogens with one attached hydrogen (secondary N) is 2. The number of thiophene rings is 1. The van der Waals surface area contributed by atoms with Crippen molar-refractivity contribution >= 4 is 17.3 Å². The molecule has 2 aromatic rings. The van der Waals surface area contributed by atoms with Crippen LogP contribution in [0.2, 0.25) is 0 Å². The van der Waals surface area contributed by atoms with Gasteiger partial charge in [-0.1, -0.05) is 18.2 Å². The van der Waals surface area contributed by atoms with Gasteiger partial charge in [-0.2, -0.15) is 0 Å². The summed E-state index contributed by atoms with van der Waals surface area (Å²) >= 11 is 1.73. The first-order valence-corrected chi connectivity index (χ1v) is 8.37. The normalized spacial score (nSPS) is 11.3. The van der Waals surface area contributed by atoms with Crippen LogP contribution in [0.4, 0.5) is 0 Å². The zero-order valence-electron chi connectivity index (χ0n) is 13.1. The highest BCUT2D eigenvalue weighted by molar-refractivity contribution is 7.09. The summed E-state index contributed by atoms with van der Waals surface area (Å²) in [6.45, 7) is 4.50. The maximum absolute atomic E-state index is 5.17. The second kappa shape index (κ2) is 9.10. The molecule has 0 bridgehead atoms. The van der Waals surface area contributed by atoms with Crippen LogP contribution in [0.3, 0.4) is 0 Å². The first kappa shape index (κ1) is 16.4. The van der Waals surface area contributed by atoms with Crippen LogP contribution in [-0.2, 0) is 13.0 Å². The number of aliphatic imine (C=N–C) groups is 1. The molecule has 2 rings (SSSR count). The molecule has 0 amide bonds. The Labute approximate surface area is 136 Å². The summed E-state index contributed by atoms with van der Waals surface area (Å²) in [6, 6.07) is 12.3. The Morgan fingerprint density at radius 3 is 2.64 bits per heavy atom. The number of hydrogen-bond donors (Lipinski definition) is 2. The smallest absolute Gasteiger partial charge is 0.191 e.